The van der Waals surface area contributed by atoms with Crippen molar-refractivity contribution in [1.82, 2.24) is 29.8 Å². The molecule has 1 aliphatic carbocycles. The topological polar surface area (TPSA) is 84.1 Å². The molecule has 25 heavy (non-hydrogen) atoms. The third-order valence-corrected chi connectivity index (χ3v) is 4.87. The second-order valence-electron chi connectivity index (χ2n) is 6.94. The molecule has 0 bridgehead atoms. The summed E-state index contributed by atoms with van der Waals surface area (Å²) in [7, 11) is 0. The fourth-order valence-corrected chi connectivity index (χ4v) is 3.20. The number of hydrogen-bond acceptors (Lipinski definition) is 7. The van der Waals surface area contributed by atoms with Crippen LogP contribution in [0.15, 0.2) is 24.4 Å². The summed E-state index contributed by atoms with van der Waals surface area (Å²) in [5.74, 6) is 4.90. The van der Waals surface area contributed by atoms with Gasteiger partial charge in [0.2, 0.25) is 0 Å². The quantitative estimate of drug-likeness (QED) is 0.758. The minimum atomic E-state index is 0.586. The normalized spacial score (nSPS) is 17.7. The SMILES string of the molecule is Cc1nnc2ccc(N3CC(CNc4ccnc(C5CC5)n4)C3)nn12. The van der Waals surface area contributed by atoms with E-state index in [2.05, 4.69) is 35.5 Å². The number of hydrogen-bond donors (Lipinski definition) is 1. The molecule has 8 nitrogen and oxygen atoms in total. The molecule has 0 unspecified atom stereocenters. The van der Waals surface area contributed by atoms with Gasteiger partial charge in [-0.25, -0.2) is 9.97 Å². The fraction of sp³-hybridized carbons (Fsp3) is 0.471. The monoisotopic (exact) mass is 336 g/mol. The summed E-state index contributed by atoms with van der Waals surface area (Å²) in [6, 6.07) is 5.93. The van der Waals surface area contributed by atoms with E-state index in [1.54, 1.807) is 4.52 Å². The molecule has 3 aromatic rings. The van der Waals surface area contributed by atoms with Crippen molar-refractivity contribution in [2.24, 2.45) is 5.92 Å². The van der Waals surface area contributed by atoms with Gasteiger partial charge in [-0.3, -0.25) is 0 Å². The molecule has 0 atom stereocenters. The third-order valence-electron chi connectivity index (χ3n) is 4.87. The van der Waals surface area contributed by atoms with Crippen LogP contribution in [0.25, 0.3) is 5.65 Å². The summed E-state index contributed by atoms with van der Waals surface area (Å²) in [5, 5.41) is 16.2. The summed E-state index contributed by atoms with van der Waals surface area (Å²) < 4.78 is 1.79. The maximum atomic E-state index is 4.62. The van der Waals surface area contributed by atoms with Crippen molar-refractivity contribution in [3.8, 4) is 0 Å². The number of anilines is 2. The van der Waals surface area contributed by atoms with Crippen LogP contribution in [0, 0.1) is 12.8 Å². The van der Waals surface area contributed by atoms with Gasteiger partial charge in [-0.05, 0) is 38.0 Å². The van der Waals surface area contributed by atoms with Crippen LogP contribution in [0.4, 0.5) is 11.6 Å². The molecular formula is C17H20N8. The van der Waals surface area contributed by atoms with Gasteiger partial charge in [0.1, 0.15) is 17.5 Å². The maximum Gasteiger partial charge on any atom is 0.178 e. The van der Waals surface area contributed by atoms with E-state index in [1.807, 2.05) is 31.3 Å². The molecule has 1 N–H and O–H groups in total. The first-order valence-electron chi connectivity index (χ1n) is 8.77. The van der Waals surface area contributed by atoms with Crippen LogP contribution in [0.5, 0.6) is 0 Å². The van der Waals surface area contributed by atoms with E-state index in [-0.39, 0.29) is 0 Å². The number of aromatic nitrogens is 6. The zero-order chi connectivity index (χ0) is 16.8. The molecule has 2 fully saturated rings. The van der Waals surface area contributed by atoms with Crippen LogP contribution in [0.3, 0.4) is 0 Å². The molecule has 128 valence electrons. The lowest BCUT2D eigenvalue weighted by Gasteiger charge is -2.40. The lowest BCUT2D eigenvalue weighted by molar-refractivity contribution is 0.424. The highest BCUT2D eigenvalue weighted by Crippen LogP contribution is 2.38. The predicted octanol–water partition coefficient (Wildman–Crippen LogP) is 1.65. The van der Waals surface area contributed by atoms with Gasteiger partial charge in [0.05, 0.1) is 0 Å². The van der Waals surface area contributed by atoms with Crippen LogP contribution in [-0.2, 0) is 0 Å². The number of rotatable bonds is 5. The fourth-order valence-electron chi connectivity index (χ4n) is 3.20. The second-order valence-corrected chi connectivity index (χ2v) is 6.94. The van der Waals surface area contributed by atoms with Crippen LogP contribution in [0.2, 0.25) is 0 Å². The van der Waals surface area contributed by atoms with Crippen molar-refractivity contribution in [1.29, 1.82) is 0 Å². The molecule has 5 rings (SSSR count). The van der Waals surface area contributed by atoms with Crippen molar-refractivity contribution in [3.05, 3.63) is 36.0 Å². The first-order chi connectivity index (χ1) is 12.3. The lowest BCUT2D eigenvalue weighted by atomic mass is 10.0. The Balaban J connectivity index is 1.18. The largest absolute Gasteiger partial charge is 0.370 e. The number of nitrogens with one attached hydrogen (secondary N) is 1. The maximum absolute atomic E-state index is 4.62. The zero-order valence-corrected chi connectivity index (χ0v) is 14.1. The van der Waals surface area contributed by atoms with Crippen LogP contribution in [-0.4, -0.2) is 49.4 Å². The van der Waals surface area contributed by atoms with Crippen LogP contribution >= 0.6 is 0 Å². The van der Waals surface area contributed by atoms with E-state index in [1.165, 1.54) is 12.8 Å². The summed E-state index contributed by atoms with van der Waals surface area (Å²) in [5.41, 5.74) is 0.787. The first kappa shape index (κ1) is 14.6. The Hall–Kier alpha value is -2.77. The Morgan fingerprint density at radius 2 is 2.04 bits per heavy atom. The average molecular weight is 336 g/mol. The average Bonchev–Trinajstić information content (AvgIpc) is 3.38. The molecule has 0 spiro atoms. The van der Waals surface area contributed by atoms with E-state index >= 15 is 0 Å². The molecule has 4 heterocycles. The molecule has 3 aromatic heterocycles. The Labute approximate surface area is 145 Å². The zero-order valence-electron chi connectivity index (χ0n) is 14.1. The molecule has 1 saturated carbocycles. The molecule has 2 aliphatic rings. The van der Waals surface area contributed by atoms with Crippen LogP contribution in [0.1, 0.15) is 30.4 Å². The van der Waals surface area contributed by atoms with Crippen molar-refractivity contribution >= 4 is 17.3 Å². The summed E-state index contributed by atoms with van der Waals surface area (Å²) in [6.07, 6.45) is 4.31. The van der Waals surface area contributed by atoms with E-state index in [0.29, 0.717) is 11.8 Å². The first-order valence-corrected chi connectivity index (χ1v) is 8.77. The highest BCUT2D eigenvalue weighted by Gasteiger charge is 2.29. The van der Waals surface area contributed by atoms with Gasteiger partial charge in [0, 0.05) is 37.7 Å². The molecule has 8 heteroatoms. The standard InChI is InChI=1S/C17H20N8/c1-11-21-22-15-4-5-16(23-25(11)15)24-9-12(10-24)8-19-14-6-7-18-17(20-14)13-2-3-13/h4-7,12-13H,2-3,8-10H2,1H3,(H,18,19,20). The van der Waals surface area contributed by atoms with Crippen LogP contribution < -0.4 is 10.2 Å². The number of nitrogens with zero attached hydrogens (tertiary/aromatic N) is 7. The molecule has 1 saturated heterocycles. The lowest BCUT2D eigenvalue weighted by Crippen LogP contribution is -2.50. The Kier molecular flexibility index (Phi) is 3.29. The highest BCUT2D eigenvalue weighted by atomic mass is 15.4. The van der Waals surface area contributed by atoms with Gasteiger partial charge in [0.15, 0.2) is 11.5 Å². The van der Waals surface area contributed by atoms with Crippen molar-refractivity contribution in [3.63, 3.8) is 0 Å². The Bertz CT molecular complexity index is 910. The van der Waals surface area contributed by atoms with E-state index in [0.717, 1.165) is 48.6 Å². The van der Waals surface area contributed by atoms with Crippen molar-refractivity contribution in [2.45, 2.75) is 25.7 Å². The highest BCUT2D eigenvalue weighted by molar-refractivity contribution is 5.47. The minimum Gasteiger partial charge on any atom is -0.370 e. The van der Waals surface area contributed by atoms with Gasteiger partial charge in [-0.2, -0.15) is 4.52 Å². The van der Waals surface area contributed by atoms with Gasteiger partial charge >= 0.3 is 0 Å². The van der Waals surface area contributed by atoms with E-state index in [9.17, 15) is 0 Å². The number of fused-ring (bicyclic) bond motifs is 1. The van der Waals surface area contributed by atoms with Gasteiger partial charge < -0.3 is 10.2 Å². The predicted molar refractivity (Wildman–Crippen MR) is 93.7 cm³/mol. The van der Waals surface area contributed by atoms with Crippen molar-refractivity contribution < 1.29 is 0 Å². The summed E-state index contributed by atoms with van der Waals surface area (Å²) in [4.78, 5) is 11.3. The van der Waals surface area contributed by atoms with Gasteiger partial charge in [-0.1, -0.05) is 0 Å². The number of aryl methyl sites for hydroxylation is 1. The Morgan fingerprint density at radius 1 is 1.16 bits per heavy atom. The van der Waals surface area contributed by atoms with Crippen molar-refractivity contribution in [2.75, 3.05) is 29.9 Å². The molecule has 0 radical (unpaired) electrons. The van der Waals surface area contributed by atoms with Gasteiger partial charge in [0.25, 0.3) is 0 Å². The second kappa shape index (κ2) is 5.65. The van der Waals surface area contributed by atoms with E-state index in [4.69, 9.17) is 0 Å². The van der Waals surface area contributed by atoms with Gasteiger partial charge in [-0.15, -0.1) is 15.3 Å². The molecular weight excluding hydrogens is 316 g/mol. The van der Waals surface area contributed by atoms with E-state index < -0.39 is 0 Å². The third kappa shape index (κ3) is 2.77. The molecule has 0 amide bonds. The summed E-state index contributed by atoms with van der Waals surface area (Å²) >= 11 is 0. The molecule has 1 aliphatic heterocycles. The minimum absolute atomic E-state index is 0.586. The molecule has 0 aromatic carbocycles. The Morgan fingerprint density at radius 3 is 2.88 bits per heavy atom. The summed E-state index contributed by atoms with van der Waals surface area (Å²) in [6.45, 7) is 4.82. The smallest absolute Gasteiger partial charge is 0.178 e.